The number of aromatic nitrogens is 2. The van der Waals surface area contributed by atoms with Gasteiger partial charge in [0.05, 0.1) is 14.2 Å². The lowest BCUT2D eigenvalue weighted by molar-refractivity contribution is 0.111. The summed E-state index contributed by atoms with van der Waals surface area (Å²) in [6, 6.07) is 8.86. The molecule has 1 aliphatic heterocycles. The van der Waals surface area contributed by atoms with E-state index in [1.807, 2.05) is 12.3 Å². The number of piperidine rings is 1. The number of hydrogen-bond donors (Lipinski definition) is 1. The molecule has 26 heavy (non-hydrogen) atoms. The molecule has 0 radical (unpaired) electrons. The van der Waals surface area contributed by atoms with Crippen LogP contribution < -0.4 is 9.47 Å². The summed E-state index contributed by atoms with van der Waals surface area (Å²) in [6.07, 6.45) is 5.35. The van der Waals surface area contributed by atoms with Gasteiger partial charge in [-0.1, -0.05) is 6.07 Å². The summed E-state index contributed by atoms with van der Waals surface area (Å²) < 4.78 is 10.7. The third-order valence-corrected chi connectivity index (χ3v) is 5.26. The van der Waals surface area contributed by atoms with E-state index in [1.54, 1.807) is 14.2 Å². The van der Waals surface area contributed by atoms with Gasteiger partial charge in [0.1, 0.15) is 0 Å². The van der Waals surface area contributed by atoms with Crippen LogP contribution in [0, 0.1) is 0 Å². The average molecular weight is 358 g/mol. The van der Waals surface area contributed by atoms with Crippen LogP contribution in [-0.4, -0.2) is 66.9 Å². The minimum absolute atomic E-state index is 0.604. The first-order chi connectivity index (χ1) is 12.7. The fourth-order valence-corrected chi connectivity index (χ4v) is 3.67. The zero-order valence-corrected chi connectivity index (χ0v) is 16.1. The van der Waals surface area contributed by atoms with Gasteiger partial charge in [0.2, 0.25) is 0 Å². The van der Waals surface area contributed by atoms with Crippen molar-refractivity contribution in [2.75, 3.05) is 40.9 Å². The molecule has 1 fully saturated rings. The number of hydrogen-bond acceptors (Lipinski definition) is 5. The maximum absolute atomic E-state index is 5.41. The lowest BCUT2D eigenvalue weighted by Gasteiger charge is -2.37. The Morgan fingerprint density at radius 2 is 2.08 bits per heavy atom. The summed E-state index contributed by atoms with van der Waals surface area (Å²) in [5.41, 5.74) is 2.47. The smallest absolute Gasteiger partial charge is 0.160 e. The number of rotatable bonds is 8. The first-order valence-electron chi connectivity index (χ1n) is 9.31. The molecule has 6 nitrogen and oxygen atoms in total. The number of likely N-dealkylation sites (N-methyl/N-ethyl adjacent to an activating group) is 1. The van der Waals surface area contributed by atoms with Crippen LogP contribution in [0.15, 0.2) is 30.5 Å². The number of benzene rings is 1. The van der Waals surface area contributed by atoms with E-state index >= 15 is 0 Å². The maximum Gasteiger partial charge on any atom is 0.160 e. The molecule has 3 rings (SSSR count). The van der Waals surface area contributed by atoms with Crippen molar-refractivity contribution in [3.63, 3.8) is 0 Å². The standard InChI is InChI=1S/C20H30N4O2/c1-23(12-9-16-6-7-19(25-2)20(13-16)26-3)18-5-4-11-24(15-18)14-17-8-10-21-22-17/h6-8,10,13,18H,4-5,9,11-12,14-15H2,1-3H3,(H,21,22). The number of likely N-dealkylation sites (tertiary alicyclic amines) is 1. The Morgan fingerprint density at radius 3 is 2.81 bits per heavy atom. The van der Waals surface area contributed by atoms with E-state index in [-0.39, 0.29) is 0 Å². The van der Waals surface area contributed by atoms with Crippen molar-refractivity contribution in [3.8, 4) is 11.5 Å². The van der Waals surface area contributed by atoms with Gasteiger partial charge in [-0.15, -0.1) is 0 Å². The molecule has 2 aromatic rings. The molecule has 2 heterocycles. The van der Waals surface area contributed by atoms with E-state index in [9.17, 15) is 0 Å². The second kappa shape index (κ2) is 9.05. The second-order valence-electron chi connectivity index (χ2n) is 7.03. The van der Waals surface area contributed by atoms with Gasteiger partial charge in [-0.25, -0.2) is 0 Å². The molecule has 0 aliphatic carbocycles. The molecular weight excluding hydrogens is 328 g/mol. The summed E-state index contributed by atoms with van der Waals surface area (Å²) in [5.74, 6) is 1.59. The Hall–Kier alpha value is -2.05. The lowest BCUT2D eigenvalue weighted by atomic mass is 10.0. The molecule has 1 aromatic heterocycles. The van der Waals surface area contributed by atoms with Crippen molar-refractivity contribution in [1.82, 2.24) is 20.0 Å². The SMILES string of the molecule is COc1ccc(CCN(C)C2CCCN(Cc3ccn[nH]3)C2)cc1OC. The molecule has 1 N–H and O–H groups in total. The Kier molecular flexibility index (Phi) is 6.52. The van der Waals surface area contributed by atoms with Crippen LogP contribution in [0.4, 0.5) is 0 Å². The third-order valence-electron chi connectivity index (χ3n) is 5.26. The van der Waals surface area contributed by atoms with Gasteiger partial charge in [0.15, 0.2) is 11.5 Å². The Balaban J connectivity index is 1.52. The van der Waals surface area contributed by atoms with Crippen LogP contribution in [0.1, 0.15) is 24.1 Å². The molecule has 0 saturated carbocycles. The van der Waals surface area contributed by atoms with Gasteiger partial charge in [-0.05, 0) is 56.6 Å². The van der Waals surface area contributed by atoms with Crippen LogP contribution in [0.3, 0.4) is 0 Å². The van der Waals surface area contributed by atoms with E-state index < -0.39 is 0 Å². The molecule has 0 spiro atoms. The molecule has 142 valence electrons. The van der Waals surface area contributed by atoms with Gasteiger partial charge >= 0.3 is 0 Å². The lowest BCUT2D eigenvalue weighted by Crippen LogP contribution is -2.46. The van der Waals surface area contributed by atoms with Crippen molar-refractivity contribution in [1.29, 1.82) is 0 Å². The molecule has 0 amide bonds. The maximum atomic E-state index is 5.41. The predicted molar refractivity (Wildman–Crippen MR) is 103 cm³/mol. The van der Waals surface area contributed by atoms with Crippen molar-refractivity contribution in [3.05, 3.63) is 41.7 Å². The number of methoxy groups -OCH3 is 2. The van der Waals surface area contributed by atoms with E-state index in [2.05, 4.69) is 45.2 Å². The predicted octanol–water partition coefficient (Wildman–Crippen LogP) is 2.57. The molecule has 1 aromatic carbocycles. The van der Waals surface area contributed by atoms with E-state index in [4.69, 9.17) is 9.47 Å². The number of H-pyrrole nitrogens is 1. The molecular formula is C20H30N4O2. The number of aromatic amines is 1. The summed E-state index contributed by atoms with van der Waals surface area (Å²) in [6.45, 7) is 4.28. The largest absolute Gasteiger partial charge is 0.493 e. The van der Waals surface area contributed by atoms with Gasteiger partial charge in [0.25, 0.3) is 0 Å². The van der Waals surface area contributed by atoms with Crippen LogP contribution in [-0.2, 0) is 13.0 Å². The molecule has 6 heteroatoms. The van der Waals surface area contributed by atoms with Crippen LogP contribution in [0.5, 0.6) is 11.5 Å². The minimum Gasteiger partial charge on any atom is -0.493 e. The average Bonchev–Trinajstić information content (AvgIpc) is 3.19. The third kappa shape index (κ3) is 4.77. The summed E-state index contributed by atoms with van der Waals surface area (Å²) in [5, 5.41) is 7.12. The topological polar surface area (TPSA) is 53.6 Å². The second-order valence-corrected chi connectivity index (χ2v) is 7.03. The van der Waals surface area contributed by atoms with Crippen LogP contribution in [0.25, 0.3) is 0 Å². The highest BCUT2D eigenvalue weighted by molar-refractivity contribution is 5.42. The van der Waals surface area contributed by atoms with Gasteiger partial charge in [0, 0.05) is 37.6 Å². The molecule has 1 saturated heterocycles. The molecule has 0 bridgehead atoms. The van der Waals surface area contributed by atoms with Crippen LogP contribution >= 0.6 is 0 Å². The summed E-state index contributed by atoms with van der Waals surface area (Å²) >= 11 is 0. The molecule has 1 atom stereocenters. The monoisotopic (exact) mass is 358 g/mol. The van der Waals surface area contributed by atoms with E-state index in [1.165, 1.54) is 30.6 Å². The Morgan fingerprint density at radius 1 is 1.23 bits per heavy atom. The number of ether oxygens (including phenoxy) is 2. The van der Waals surface area contributed by atoms with Gasteiger partial charge in [-0.2, -0.15) is 5.10 Å². The minimum atomic E-state index is 0.604. The van der Waals surface area contributed by atoms with E-state index in [0.717, 1.165) is 37.6 Å². The number of nitrogens with one attached hydrogen (secondary N) is 1. The normalized spacial score (nSPS) is 18.2. The van der Waals surface area contributed by atoms with Crippen molar-refractivity contribution >= 4 is 0 Å². The number of nitrogens with zero attached hydrogens (tertiary/aromatic N) is 3. The first kappa shape index (κ1) is 18.7. The van der Waals surface area contributed by atoms with E-state index in [0.29, 0.717) is 6.04 Å². The van der Waals surface area contributed by atoms with Crippen molar-refractivity contribution in [2.24, 2.45) is 0 Å². The summed E-state index contributed by atoms with van der Waals surface area (Å²) in [7, 11) is 5.60. The van der Waals surface area contributed by atoms with Crippen molar-refractivity contribution < 1.29 is 9.47 Å². The zero-order valence-electron chi connectivity index (χ0n) is 16.1. The van der Waals surface area contributed by atoms with Crippen molar-refractivity contribution in [2.45, 2.75) is 31.8 Å². The molecule has 1 unspecified atom stereocenters. The fraction of sp³-hybridized carbons (Fsp3) is 0.550. The highest BCUT2D eigenvalue weighted by atomic mass is 16.5. The fourth-order valence-electron chi connectivity index (χ4n) is 3.67. The molecule has 1 aliphatic rings. The van der Waals surface area contributed by atoms with Crippen LogP contribution in [0.2, 0.25) is 0 Å². The zero-order chi connectivity index (χ0) is 18.4. The summed E-state index contributed by atoms with van der Waals surface area (Å²) in [4.78, 5) is 5.02. The van der Waals surface area contributed by atoms with Gasteiger partial charge in [-0.3, -0.25) is 10.00 Å². The highest BCUT2D eigenvalue weighted by Crippen LogP contribution is 2.28. The Bertz CT molecular complexity index is 674. The van der Waals surface area contributed by atoms with Gasteiger partial charge < -0.3 is 14.4 Å². The first-order valence-corrected chi connectivity index (χ1v) is 9.31. The quantitative estimate of drug-likeness (QED) is 0.786. The Labute approximate surface area is 156 Å². The highest BCUT2D eigenvalue weighted by Gasteiger charge is 2.23.